The summed E-state index contributed by atoms with van der Waals surface area (Å²) < 4.78 is 23.7. The summed E-state index contributed by atoms with van der Waals surface area (Å²) in [5, 5.41) is 18.4. The average molecular weight is 214 g/mol. The van der Waals surface area contributed by atoms with E-state index in [0.717, 1.165) is 6.07 Å². The molecule has 0 unspecified atom stereocenters. The average Bonchev–Trinajstić information content (AvgIpc) is 2.45. The van der Waals surface area contributed by atoms with E-state index in [9.17, 15) is 9.50 Å². The van der Waals surface area contributed by atoms with Crippen LogP contribution in [0.5, 0.6) is 17.2 Å². The maximum absolute atomic E-state index is 13.2. The van der Waals surface area contributed by atoms with Crippen LogP contribution in [0.2, 0.25) is 0 Å². The van der Waals surface area contributed by atoms with E-state index in [-0.39, 0.29) is 17.1 Å². The van der Waals surface area contributed by atoms with Crippen LogP contribution in [0, 0.1) is 5.82 Å². The van der Waals surface area contributed by atoms with E-state index in [1.54, 1.807) is 0 Å². The molecule has 0 atom stereocenters. The topological polar surface area (TPSA) is 58.9 Å². The summed E-state index contributed by atoms with van der Waals surface area (Å²) in [6.07, 6.45) is 0.682. The SMILES string of the molecule is OCc1c(O)c(F)cc2c1OCCCO2. The summed E-state index contributed by atoms with van der Waals surface area (Å²) in [6, 6.07) is 1.06. The van der Waals surface area contributed by atoms with Crippen LogP contribution >= 0.6 is 0 Å². The second kappa shape index (κ2) is 3.94. The Morgan fingerprint density at radius 1 is 1.33 bits per heavy atom. The third-order valence-electron chi connectivity index (χ3n) is 2.22. The molecule has 0 aromatic heterocycles. The van der Waals surface area contributed by atoms with Gasteiger partial charge in [-0.3, -0.25) is 0 Å². The number of hydrogen-bond donors (Lipinski definition) is 2. The van der Waals surface area contributed by atoms with Gasteiger partial charge in [0.15, 0.2) is 23.1 Å². The molecule has 1 heterocycles. The molecule has 5 heteroatoms. The lowest BCUT2D eigenvalue weighted by Crippen LogP contribution is -1.99. The Balaban J connectivity index is 2.56. The van der Waals surface area contributed by atoms with Gasteiger partial charge < -0.3 is 19.7 Å². The zero-order valence-corrected chi connectivity index (χ0v) is 7.99. The highest BCUT2D eigenvalue weighted by molar-refractivity contribution is 5.54. The molecule has 0 radical (unpaired) electrons. The highest BCUT2D eigenvalue weighted by Crippen LogP contribution is 2.40. The number of fused-ring (bicyclic) bond motifs is 1. The van der Waals surface area contributed by atoms with Crippen molar-refractivity contribution >= 4 is 0 Å². The first-order valence-corrected chi connectivity index (χ1v) is 4.65. The lowest BCUT2D eigenvalue weighted by Gasteiger charge is -2.12. The van der Waals surface area contributed by atoms with Gasteiger partial charge in [-0.1, -0.05) is 0 Å². The molecule has 4 nitrogen and oxygen atoms in total. The summed E-state index contributed by atoms with van der Waals surface area (Å²) in [5.74, 6) is -0.939. The number of ether oxygens (including phenoxy) is 2. The summed E-state index contributed by atoms with van der Waals surface area (Å²) in [7, 11) is 0. The van der Waals surface area contributed by atoms with E-state index < -0.39 is 18.2 Å². The lowest BCUT2D eigenvalue weighted by atomic mass is 10.1. The van der Waals surface area contributed by atoms with Crippen molar-refractivity contribution in [3.63, 3.8) is 0 Å². The molecule has 1 aromatic rings. The smallest absolute Gasteiger partial charge is 0.170 e. The number of hydrogen-bond acceptors (Lipinski definition) is 4. The highest BCUT2D eigenvalue weighted by Gasteiger charge is 2.21. The van der Waals surface area contributed by atoms with Crippen LogP contribution in [0.3, 0.4) is 0 Å². The number of aromatic hydroxyl groups is 1. The van der Waals surface area contributed by atoms with Crippen LogP contribution in [0.1, 0.15) is 12.0 Å². The van der Waals surface area contributed by atoms with E-state index >= 15 is 0 Å². The van der Waals surface area contributed by atoms with E-state index in [4.69, 9.17) is 14.6 Å². The molecule has 0 bridgehead atoms. The fourth-order valence-corrected chi connectivity index (χ4v) is 1.48. The first kappa shape index (κ1) is 10.0. The second-order valence-corrected chi connectivity index (χ2v) is 3.22. The van der Waals surface area contributed by atoms with Crippen molar-refractivity contribution in [3.05, 3.63) is 17.4 Å². The van der Waals surface area contributed by atoms with E-state index in [1.807, 2.05) is 0 Å². The molecule has 2 rings (SSSR count). The Labute approximate surface area is 85.9 Å². The van der Waals surface area contributed by atoms with E-state index in [2.05, 4.69) is 0 Å². The summed E-state index contributed by atoms with van der Waals surface area (Å²) in [4.78, 5) is 0. The van der Waals surface area contributed by atoms with Crippen molar-refractivity contribution in [2.24, 2.45) is 0 Å². The lowest BCUT2D eigenvalue weighted by molar-refractivity contribution is 0.255. The van der Waals surface area contributed by atoms with E-state index in [1.165, 1.54) is 0 Å². The van der Waals surface area contributed by atoms with Gasteiger partial charge in [-0.25, -0.2) is 4.39 Å². The minimum atomic E-state index is -0.816. The molecule has 2 N–H and O–H groups in total. The molecule has 1 aromatic carbocycles. The van der Waals surface area contributed by atoms with E-state index in [0.29, 0.717) is 19.6 Å². The first-order chi connectivity index (χ1) is 7.24. The van der Waals surface area contributed by atoms with Gasteiger partial charge in [0.1, 0.15) is 0 Å². The molecule has 0 spiro atoms. The Hall–Kier alpha value is -1.49. The summed E-state index contributed by atoms with van der Waals surface area (Å²) >= 11 is 0. The Bertz CT molecular complexity index is 378. The summed E-state index contributed by atoms with van der Waals surface area (Å²) in [6.45, 7) is 0.364. The summed E-state index contributed by atoms with van der Waals surface area (Å²) in [5.41, 5.74) is 0.0342. The Kier molecular flexibility index (Phi) is 2.64. The zero-order chi connectivity index (χ0) is 10.8. The Morgan fingerprint density at radius 2 is 2.07 bits per heavy atom. The Morgan fingerprint density at radius 3 is 2.80 bits per heavy atom. The number of benzene rings is 1. The van der Waals surface area contributed by atoms with Crippen LogP contribution in [-0.4, -0.2) is 23.4 Å². The predicted molar refractivity (Wildman–Crippen MR) is 49.6 cm³/mol. The van der Waals surface area contributed by atoms with Gasteiger partial charge in [0, 0.05) is 12.5 Å². The van der Waals surface area contributed by atoms with Crippen LogP contribution in [0.25, 0.3) is 0 Å². The second-order valence-electron chi connectivity index (χ2n) is 3.22. The van der Waals surface area contributed by atoms with Crippen LogP contribution in [0.4, 0.5) is 4.39 Å². The highest BCUT2D eigenvalue weighted by atomic mass is 19.1. The van der Waals surface area contributed by atoms with Gasteiger partial charge in [0.05, 0.1) is 25.4 Å². The zero-order valence-electron chi connectivity index (χ0n) is 7.99. The van der Waals surface area contributed by atoms with Crippen molar-refractivity contribution in [2.45, 2.75) is 13.0 Å². The standard InChI is InChI=1S/C10H11FO4/c11-7-4-8-10(6(5-12)9(7)13)15-3-1-2-14-8/h4,12-13H,1-3,5H2. The third-order valence-corrected chi connectivity index (χ3v) is 2.22. The molecule has 0 amide bonds. The van der Waals surface area contributed by atoms with Crippen molar-refractivity contribution in [2.75, 3.05) is 13.2 Å². The van der Waals surface area contributed by atoms with Crippen LogP contribution in [-0.2, 0) is 6.61 Å². The van der Waals surface area contributed by atoms with Gasteiger partial charge in [0.25, 0.3) is 0 Å². The molecular formula is C10H11FO4. The third kappa shape index (κ3) is 1.70. The number of halogens is 1. The monoisotopic (exact) mass is 214 g/mol. The molecule has 15 heavy (non-hydrogen) atoms. The fraction of sp³-hybridized carbons (Fsp3) is 0.400. The van der Waals surface area contributed by atoms with Crippen molar-refractivity contribution in [1.82, 2.24) is 0 Å². The maximum Gasteiger partial charge on any atom is 0.170 e. The maximum atomic E-state index is 13.2. The van der Waals surface area contributed by atoms with Crippen molar-refractivity contribution in [1.29, 1.82) is 0 Å². The normalized spacial score (nSPS) is 14.8. The number of phenols is 1. The largest absolute Gasteiger partial charge is 0.504 e. The quantitative estimate of drug-likeness (QED) is 0.737. The molecule has 0 saturated carbocycles. The van der Waals surface area contributed by atoms with Crippen LogP contribution in [0.15, 0.2) is 6.07 Å². The molecule has 0 aliphatic carbocycles. The molecular weight excluding hydrogens is 203 g/mol. The molecule has 1 aliphatic rings. The minimum absolute atomic E-state index is 0.0342. The molecule has 0 fully saturated rings. The predicted octanol–water partition coefficient (Wildman–Crippen LogP) is 1.18. The minimum Gasteiger partial charge on any atom is -0.504 e. The van der Waals surface area contributed by atoms with Gasteiger partial charge in [0.2, 0.25) is 0 Å². The van der Waals surface area contributed by atoms with Gasteiger partial charge in [-0.2, -0.15) is 0 Å². The number of aliphatic hydroxyl groups is 1. The van der Waals surface area contributed by atoms with Gasteiger partial charge in [-0.05, 0) is 0 Å². The number of rotatable bonds is 1. The van der Waals surface area contributed by atoms with Crippen molar-refractivity contribution < 1.29 is 24.1 Å². The van der Waals surface area contributed by atoms with Crippen molar-refractivity contribution in [3.8, 4) is 17.2 Å². The fourth-order valence-electron chi connectivity index (χ4n) is 1.48. The molecule has 1 aliphatic heterocycles. The molecule has 0 saturated heterocycles. The number of aliphatic hydroxyl groups excluding tert-OH is 1. The van der Waals surface area contributed by atoms with Crippen LogP contribution < -0.4 is 9.47 Å². The van der Waals surface area contributed by atoms with Gasteiger partial charge in [-0.15, -0.1) is 0 Å². The van der Waals surface area contributed by atoms with Gasteiger partial charge >= 0.3 is 0 Å². The molecule has 82 valence electrons. The first-order valence-electron chi connectivity index (χ1n) is 4.65.